The second-order valence-electron chi connectivity index (χ2n) is 4.65. The van der Waals surface area contributed by atoms with Crippen molar-refractivity contribution in [2.75, 3.05) is 0 Å². The summed E-state index contributed by atoms with van der Waals surface area (Å²) in [6.07, 6.45) is 0.744. The molecule has 0 amide bonds. The van der Waals surface area contributed by atoms with Crippen LogP contribution >= 0.6 is 0 Å². The van der Waals surface area contributed by atoms with E-state index in [1.807, 2.05) is 36.4 Å². The molecular weight excluding hydrogens is 250 g/mol. The lowest BCUT2D eigenvalue weighted by Crippen LogP contribution is -2.01. The number of aromatic carboxylic acids is 1. The van der Waals surface area contributed by atoms with Crippen LogP contribution in [0.3, 0.4) is 0 Å². The van der Waals surface area contributed by atoms with E-state index in [0.717, 1.165) is 22.9 Å². The molecule has 1 aromatic heterocycles. The Hall–Kier alpha value is -2.68. The van der Waals surface area contributed by atoms with Gasteiger partial charge in [0.05, 0.1) is 5.52 Å². The Morgan fingerprint density at radius 2 is 1.75 bits per heavy atom. The van der Waals surface area contributed by atoms with Crippen LogP contribution in [-0.4, -0.2) is 16.1 Å². The van der Waals surface area contributed by atoms with Gasteiger partial charge >= 0.3 is 5.97 Å². The third-order valence-electron chi connectivity index (χ3n) is 3.26. The van der Waals surface area contributed by atoms with Crippen molar-refractivity contribution in [1.29, 1.82) is 0 Å². The molecule has 0 saturated carbocycles. The van der Waals surface area contributed by atoms with Crippen molar-refractivity contribution in [3.63, 3.8) is 0 Å². The van der Waals surface area contributed by atoms with Crippen LogP contribution in [0.4, 0.5) is 0 Å². The first kappa shape index (κ1) is 12.4. The molecule has 0 radical (unpaired) electrons. The fraction of sp³-hybridized carbons (Fsp3) is 0.0588. The number of hydrogen-bond acceptors (Lipinski definition) is 2. The average Bonchev–Trinajstić information content (AvgIpc) is 2.48. The minimum atomic E-state index is -0.999. The molecule has 3 nitrogen and oxygen atoms in total. The third kappa shape index (κ3) is 2.38. The first-order valence-corrected chi connectivity index (χ1v) is 6.40. The van der Waals surface area contributed by atoms with Crippen molar-refractivity contribution in [1.82, 2.24) is 4.98 Å². The highest BCUT2D eigenvalue weighted by atomic mass is 16.4. The maximum atomic E-state index is 11.1. The van der Waals surface area contributed by atoms with E-state index in [1.54, 1.807) is 6.07 Å². The number of para-hydroxylation sites is 1. The van der Waals surface area contributed by atoms with Crippen LogP contribution in [0.1, 0.15) is 21.6 Å². The molecule has 3 aromatic rings. The van der Waals surface area contributed by atoms with E-state index in [0.29, 0.717) is 0 Å². The van der Waals surface area contributed by atoms with E-state index in [-0.39, 0.29) is 5.69 Å². The number of nitrogens with zero attached hydrogens (tertiary/aromatic N) is 1. The second-order valence-corrected chi connectivity index (χ2v) is 4.65. The van der Waals surface area contributed by atoms with Crippen molar-refractivity contribution < 1.29 is 9.90 Å². The smallest absolute Gasteiger partial charge is 0.354 e. The molecule has 0 saturated heterocycles. The predicted molar refractivity (Wildman–Crippen MR) is 78.0 cm³/mol. The van der Waals surface area contributed by atoms with Crippen LogP contribution in [0, 0.1) is 0 Å². The number of carboxylic acids is 1. The Kier molecular flexibility index (Phi) is 3.17. The number of hydrogen-bond donors (Lipinski definition) is 1. The van der Waals surface area contributed by atoms with E-state index in [9.17, 15) is 4.79 Å². The van der Waals surface area contributed by atoms with E-state index in [2.05, 4.69) is 17.1 Å². The van der Waals surface area contributed by atoms with Crippen LogP contribution in [0.2, 0.25) is 0 Å². The van der Waals surface area contributed by atoms with Gasteiger partial charge in [-0.25, -0.2) is 9.78 Å². The summed E-state index contributed by atoms with van der Waals surface area (Å²) in [4.78, 5) is 15.3. The van der Waals surface area contributed by atoms with Crippen LogP contribution in [0.15, 0.2) is 60.7 Å². The monoisotopic (exact) mass is 263 g/mol. The molecule has 0 atom stereocenters. The molecule has 1 N–H and O–H groups in total. The Bertz CT molecular complexity index is 766. The van der Waals surface area contributed by atoms with Crippen LogP contribution < -0.4 is 0 Å². The summed E-state index contributed by atoms with van der Waals surface area (Å²) in [6.45, 7) is 0. The molecule has 20 heavy (non-hydrogen) atoms. The van der Waals surface area contributed by atoms with Crippen LogP contribution in [0.25, 0.3) is 10.9 Å². The molecule has 3 heteroatoms. The SMILES string of the molecule is O=C(O)c1ccc2cccc(Cc3ccccc3)c2n1. The van der Waals surface area contributed by atoms with Gasteiger partial charge in [0.1, 0.15) is 5.69 Å². The zero-order valence-corrected chi connectivity index (χ0v) is 10.8. The van der Waals surface area contributed by atoms with Gasteiger partial charge in [0.25, 0.3) is 0 Å². The van der Waals surface area contributed by atoms with Gasteiger partial charge in [-0.15, -0.1) is 0 Å². The lowest BCUT2D eigenvalue weighted by atomic mass is 10.0. The molecule has 1 heterocycles. The summed E-state index contributed by atoms with van der Waals surface area (Å²) in [5.74, 6) is -0.999. The minimum absolute atomic E-state index is 0.0815. The maximum Gasteiger partial charge on any atom is 0.354 e. The van der Waals surface area contributed by atoms with Crippen molar-refractivity contribution in [3.8, 4) is 0 Å². The number of benzene rings is 2. The highest BCUT2D eigenvalue weighted by Gasteiger charge is 2.08. The summed E-state index contributed by atoms with van der Waals surface area (Å²) in [6, 6.07) is 19.3. The zero-order valence-electron chi connectivity index (χ0n) is 10.8. The zero-order chi connectivity index (χ0) is 13.9. The molecule has 0 fully saturated rings. The Morgan fingerprint density at radius 3 is 2.50 bits per heavy atom. The highest BCUT2D eigenvalue weighted by Crippen LogP contribution is 2.20. The Balaban J connectivity index is 2.10. The number of rotatable bonds is 3. The number of aromatic nitrogens is 1. The summed E-state index contributed by atoms with van der Waals surface area (Å²) < 4.78 is 0. The molecule has 0 bridgehead atoms. The summed E-state index contributed by atoms with van der Waals surface area (Å²) in [7, 11) is 0. The van der Waals surface area contributed by atoms with Crippen molar-refractivity contribution in [3.05, 3.63) is 77.5 Å². The van der Waals surface area contributed by atoms with Gasteiger partial charge in [-0.3, -0.25) is 0 Å². The number of fused-ring (bicyclic) bond motifs is 1. The molecule has 2 aromatic carbocycles. The van der Waals surface area contributed by atoms with E-state index in [4.69, 9.17) is 5.11 Å². The highest BCUT2D eigenvalue weighted by molar-refractivity contribution is 5.90. The van der Waals surface area contributed by atoms with E-state index >= 15 is 0 Å². The Labute approximate surface area is 116 Å². The molecule has 0 unspecified atom stereocenters. The topological polar surface area (TPSA) is 50.2 Å². The number of pyridine rings is 1. The van der Waals surface area contributed by atoms with Gasteiger partial charge in [-0.2, -0.15) is 0 Å². The minimum Gasteiger partial charge on any atom is -0.477 e. The number of carboxylic acid groups (broad SMARTS) is 1. The molecule has 3 rings (SSSR count). The van der Waals surface area contributed by atoms with E-state index in [1.165, 1.54) is 11.6 Å². The van der Waals surface area contributed by atoms with Crippen LogP contribution in [0.5, 0.6) is 0 Å². The summed E-state index contributed by atoms with van der Waals surface area (Å²) >= 11 is 0. The molecular formula is C17H13NO2. The fourth-order valence-electron chi connectivity index (χ4n) is 2.29. The predicted octanol–water partition coefficient (Wildman–Crippen LogP) is 3.52. The molecule has 0 aliphatic carbocycles. The largest absolute Gasteiger partial charge is 0.477 e. The lowest BCUT2D eigenvalue weighted by Gasteiger charge is -2.07. The van der Waals surface area contributed by atoms with E-state index < -0.39 is 5.97 Å². The summed E-state index contributed by atoms with van der Waals surface area (Å²) in [5, 5.41) is 10.0. The summed E-state index contributed by atoms with van der Waals surface area (Å²) in [5.41, 5.74) is 3.06. The molecule has 0 aliphatic rings. The Morgan fingerprint density at radius 1 is 0.950 bits per heavy atom. The lowest BCUT2D eigenvalue weighted by molar-refractivity contribution is 0.0691. The van der Waals surface area contributed by atoms with Gasteiger partial charge in [0, 0.05) is 5.39 Å². The van der Waals surface area contributed by atoms with Gasteiger partial charge < -0.3 is 5.11 Å². The standard InChI is InChI=1S/C17H13NO2/c19-17(20)15-10-9-13-7-4-8-14(16(13)18-15)11-12-5-2-1-3-6-12/h1-10H,11H2,(H,19,20). The first-order chi connectivity index (χ1) is 9.74. The van der Waals surface area contributed by atoms with Gasteiger partial charge in [0.2, 0.25) is 0 Å². The molecule has 98 valence electrons. The third-order valence-corrected chi connectivity index (χ3v) is 3.26. The molecule has 0 spiro atoms. The average molecular weight is 263 g/mol. The van der Waals surface area contributed by atoms with Crippen molar-refractivity contribution in [2.24, 2.45) is 0 Å². The van der Waals surface area contributed by atoms with Crippen molar-refractivity contribution in [2.45, 2.75) is 6.42 Å². The normalized spacial score (nSPS) is 10.6. The molecule has 0 aliphatic heterocycles. The van der Waals surface area contributed by atoms with Crippen molar-refractivity contribution >= 4 is 16.9 Å². The first-order valence-electron chi connectivity index (χ1n) is 6.40. The second kappa shape index (κ2) is 5.13. The fourth-order valence-corrected chi connectivity index (χ4v) is 2.29. The maximum absolute atomic E-state index is 11.1. The number of carbonyl (C=O) groups is 1. The van der Waals surface area contributed by atoms with Gasteiger partial charge in [0.15, 0.2) is 0 Å². The van der Waals surface area contributed by atoms with Gasteiger partial charge in [-0.1, -0.05) is 54.6 Å². The van der Waals surface area contributed by atoms with Crippen LogP contribution in [-0.2, 0) is 6.42 Å². The van der Waals surface area contributed by atoms with Gasteiger partial charge in [-0.05, 0) is 23.6 Å². The quantitative estimate of drug-likeness (QED) is 0.786.